The maximum atomic E-state index is 13.1. The van der Waals surface area contributed by atoms with Crippen molar-refractivity contribution in [2.75, 3.05) is 11.1 Å². The number of alkyl halides is 2. The summed E-state index contributed by atoms with van der Waals surface area (Å²) in [5, 5.41) is 2.84. The molecule has 1 aromatic carbocycles. The molecule has 110 valence electrons. The molecule has 3 N–H and O–H groups in total. The topological polar surface area (TPSA) is 55.1 Å². The average Bonchev–Trinajstić information content (AvgIpc) is 2.35. The number of carbonyl (C=O) groups is 1. The van der Waals surface area contributed by atoms with E-state index in [4.69, 9.17) is 5.73 Å². The lowest BCUT2D eigenvalue weighted by Crippen LogP contribution is -2.32. The Balaban J connectivity index is 2.04. The second-order valence-corrected chi connectivity index (χ2v) is 5.64. The van der Waals surface area contributed by atoms with Crippen molar-refractivity contribution in [3.63, 3.8) is 0 Å². The van der Waals surface area contributed by atoms with Gasteiger partial charge in [-0.25, -0.2) is 8.78 Å². The molecule has 0 spiro atoms. The van der Waals surface area contributed by atoms with E-state index in [1.165, 1.54) is 0 Å². The van der Waals surface area contributed by atoms with Crippen LogP contribution in [0.3, 0.4) is 0 Å². The average molecular weight is 282 g/mol. The standard InChI is InChI=1S/C15H20F2N2O/c1-9-8-13(10(2)7-12(9)18)19-14(20)11-3-5-15(16,17)6-4-11/h7-8,11H,3-6,18H2,1-2H3,(H,19,20). The fraction of sp³-hybridized carbons (Fsp3) is 0.533. The number of rotatable bonds is 2. The number of anilines is 2. The maximum absolute atomic E-state index is 13.1. The van der Waals surface area contributed by atoms with Crippen LogP contribution in [0.4, 0.5) is 20.2 Å². The van der Waals surface area contributed by atoms with Gasteiger partial charge in [0.15, 0.2) is 0 Å². The van der Waals surface area contributed by atoms with Crippen LogP contribution in [0.25, 0.3) is 0 Å². The van der Waals surface area contributed by atoms with Crippen LogP contribution < -0.4 is 11.1 Å². The van der Waals surface area contributed by atoms with E-state index in [1.807, 2.05) is 19.9 Å². The molecular weight excluding hydrogens is 262 g/mol. The molecule has 0 saturated heterocycles. The zero-order valence-electron chi connectivity index (χ0n) is 11.8. The summed E-state index contributed by atoms with van der Waals surface area (Å²) in [5.41, 5.74) is 8.95. The first-order valence-corrected chi connectivity index (χ1v) is 6.84. The van der Waals surface area contributed by atoms with Gasteiger partial charge in [-0.3, -0.25) is 4.79 Å². The van der Waals surface area contributed by atoms with Crippen LogP contribution in [0, 0.1) is 19.8 Å². The van der Waals surface area contributed by atoms with Crippen LogP contribution in [0.2, 0.25) is 0 Å². The van der Waals surface area contributed by atoms with E-state index in [9.17, 15) is 13.6 Å². The van der Waals surface area contributed by atoms with Crippen LogP contribution in [-0.4, -0.2) is 11.8 Å². The molecule has 5 heteroatoms. The second-order valence-electron chi connectivity index (χ2n) is 5.64. The van der Waals surface area contributed by atoms with Crippen molar-refractivity contribution in [1.82, 2.24) is 0 Å². The quantitative estimate of drug-likeness (QED) is 0.813. The van der Waals surface area contributed by atoms with Crippen LogP contribution in [0.1, 0.15) is 36.8 Å². The molecule has 1 aliphatic carbocycles. The molecule has 20 heavy (non-hydrogen) atoms. The summed E-state index contributed by atoms with van der Waals surface area (Å²) in [4.78, 5) is 12.1. The van der Waals surface area contributed by atoms with Gasteiger partial charge in [-0.05, 0) is 49.9 Å². The Morgan fingerprint density at radius 3 is 2.45 bits per heavy atom. The summed E-state index contributed by atoms with van der Waals surface area (Å²) in [6, 6.07) is 3.62. The molecule has 1 aromatic rings. The number of nitrogens with two attached hydrogens (primary N) is 1. The van der Waals surface area contributed by atoms with E-state index in [1.54, 1.807) is 6.07 Å². The van der Waals surface area contributed by atoms with E-state index in [0.717, 1.165) is 11.1 Å². The maximum Gasteiger partial charge on any atom is 0.248 e. The highest BCUT2D eigenvalue weighted by Gasteiger charge is 2.37. The van der Waals surface area contributed by atoms with Crippen molar-refractivity contribution >= 4 is 17.3 Å². The number of aryl methyl sites for hydroxylation is 2. The Morgan fingerprint density at radius 2 is 1.85 bits per heavy atom. The van der Waals surface area contributed by atoms with Crippen LogP contribution in [0.5, 0.6) is 0 Å². The number of amides is 1. The number of carbonyl (C=O) groups excluding carboxylic acids is 1. The Labute approximate surface area is 117 Å². The molecule has 2 rings (SSSR count). The van der Waals surface area contributed by atoms with Crippen LogP contribution in [0.15, 0.2) is 12.1 Å². The summed E-state index contributed by atoms with van der Waals surface area (Å²) in [7, 11) is 0. The van der Waals surface area contributed by atoms with Gasteiger partial charge in [0, 0.05) is 30.1 Å². The predicted octanol–water partition coefficient (Wildman–Crippen LogP) is 3.65. The lowest BCUT2D eigenvalue weighted by Gasteiger charge is -2.27. The molecule has 1 aliphatic rings. The van der Waals surface area contributed by atoms with Gasteiger partial charge in [-0.15, -0.1) is 0 Å². The number of benzene rings is 1. The number of hydrogen-bond donors (Lipinski definition) is 2. The molecule has 0 aromatic heterocycles. The third-order valence-electron chi connectivity index (χ3n) is 3.96. The number of nitrogen functional groups attached to an aromatic ring is 1. The molecule has 0 atom stereocenters. The van der Waals surface area contributed by atoms with Gasteiger partial charge in [0.1, 0.15) is 0 Å². The number of nitrogens with one attached hydrogen (secondary N) is 1. The predicted molar refractivity (Wildman–Crippen MR) is 75.9 cm³/mol. The highest BCUT2D eigenvalue weighted by molar-refractivity contribution is 5.93. The first kappa shape index (κ1) is 14.8. The van der Waals surface area contributed by atoms with Gasteiger partial charge in [0.2, 0.25) is 11.8 Å². The highest BCUT2D eigenvalue weighted by atomic mass is 19.3. The van der Waals surface area contributed by atoms with Crippen LogP contribution in [-0.2, 0) is 4.79 Å². The van der Waals surface area contributed by atoms with E-state index in [-0.39, 0.29) is 37.5 Å². The lowest BCUT2D eigenvalue weighted by atomic mass is 9.86. The fourth-order valence-electron chi connectivity index (χ4n) is 2.51. The Morgan fingerprint density at radius 1 is 1.25 bits per heavy atom. The van der Waals surface area contributed by atoms with Crippen molar-refractivity contribution in [1.29, 1.82) is 0 Å². The van der Waals surface area contributed by atoms with Crippen molar-refractivity contribution in [3.05, 3.63) is 23.3 Å². The zero-order valence-corrected chi connectivity index (χ0v) is 11.8. The summed E-state index contributed by atoms with van der Waals surface area (Å²) >= 11 is 0. The second kappa shape index (κ2) is 5.38. The normalized spacial score (nSPS) is 18.8. The van der Waals surface area contributed by atoms with Gasteiger partial charge in [-0.2, -0.15) is 0 Å². The summed E-state index contributed by atoms with van der Waals surface area (Å²) in [5.74, 6) is -3.11. The third-order valence-corrected chi connectivity index (χ3v) is 3.96. The van der Waals surface area contributed by atoms with Gasteiger partial charge in [0.25, 0.3) is 0 Å². The molecule has 0 unspecified atom stereocenters. The largest absolute Gasteiger partial charge is 0.399 e. The monoisotopic (exact) mass is 282 g/mol. The van der Waals surface area contributed by atoms with E-state index in [0.29, 0.717) is 11.4 Å². The summed E-state index contributed by atoms with van der Waals surface area (Å²) < 4.78 is 26.2. The first-order chi connectivity index (χ1) is 9.28. The van der Waals surface area contributed by atoms with Gasteiger partial charge in [0.05, 0.1) is 0 Å². The van der Waals surface area contributed by atoms with Crippen molar-refractivity contribution < 1.29 is 13.6 Å². The van der Waals surface area contributed by atoms with Crippen molar-refractivity contribution in [2.24, 2.45) is 5.92 Å². The molecule has 1 fully saturated rings. The molecule has 0 heterocycles. The third kappa shape index (κ3) is 3.26. The van der Waals surface area contributed by atoms with Crippen LogP contribution >= 0.6 is 0 Å². The summed E-state index contributed by atoms with van der Waals surface area (Å²) in [6.07, 6.45) is 0.0767. The molecule has 1 amide bonds. The Bertz CT molecular complexity index is 519. The molecular formula is C15H20F2N2O. The Kier molecular flexibility index (Phi) is 3.97. The SMILES string of the molecule is Cc1cc(NC(=O)C2CCC(F)(F)CC2)c(C)cc1N. The van der Waals surface area contributed by atoms with E-state index < -0.39 is 5.92 Å². The first-order valence-electron chi connectivity index (χ1n) is 6.84. The molecule has 0 aliphatic heterocycles. The molecule has 3 nitrogen and oxygen atoms in total. The van der Waals surface area contributed by atoms with E-state index in [2.05, 4.69) is 5.32 Å². The lowest BCUT2D eigenvalue weighted by molar-refractivity contribution is -0.124. The van der Waals surface area contributed by atoms with Gasteiger partial charge in [-0.1, -0.05) is 0 Å². The molecule has 0 bridgehead atoms. The fourth-order valence-corrected chi connectivity index (χ4v) is 2.51. The minimum absolute atomic E-state index is 0.173. The van der Waals surface area contributed by atoms with E-state index >= 15 is 0 Å². The number of hydrogen-bond acceptors (Lipinski definition) is 2. The zero-order chi connectivity index (χ0) is 14.9. The highest BCUT2D eigenvalue weighted by Crippen LogP contribution is 2.36. The van der Waals surface area contributed by atoms with Gasteiger partial charge >= 0.3 is 0 Å². The minimum atomic E-state index is -2.61. The smallest absolute Gasteiger partial charge is 0.248 e. The summed E-state index contributed by atoms with van der Waals surface area (Å²) in [6.45, 7) is 3.73. The number of halogens is 2. The van der Waals surface area contributed by atoms with Crippen molar-refractivity contribution in [3.8, 4) is 0 Å². The minimum Gasteiger partial charge on any atom is -0.399 e. The van der Waals surface area contributed by atoms with Crippen molar-refractivity contribution in [2.45, 2.75) is 45.5 Å². The Hall–Kier alpha value is -1.65. The van der Waals surface area contributed by atoms with Gasteiger partial charge < -0.3 is 11.1 Å². The molecule has 0 radical (unpaired) electrons. The molecule has 1 saturated carbocycles.